The number of aryl methyl sites for hydroxylation is 1. The summed E-state index contributed by atoms with van der Waals surface area (Å²) in [7, 11) is -2.02. The molecule has 0 bridgehead atoms. The number of sulfonamides is 1. The van der Waals surface area contributed by atoms with E-state index in [2.05, 4.69) is 9.71 Å². The molecule has 0 unspecified atom stereocenters. The van der Waals surface area contributed by atoms with E-state index in [4.69, 9.17) is 0 Å². The van der Waals surface area contributed by atoms with Crippen molar-refractivity contribution in [3.63, 3.8) is 0 Å². The van der Waals surface area contributed by atoms with E-state index in [1.807, 2.05) is 30.3 Å². The molecule has 1 aliphatic rings. The highest BCUT2D eigenvalue weighted by molar-refractivity contribution is 7.89. The summed E-state index contributed by atoms with van der Waals surface area (Å²) in [5.41, 5.74) is -0.440. The first kappa shape index (κ1) is 15.2. The Bertz CT molecular complexity index is 753. The van der Waals surface area contributed by atoms with Gasteiger partial charge in [-0.25, -0.2) is 18.1 Å². The first-order chi connectivity index (χ1) is 10.4. The van der Waals surface area contributed by atoms with Crippen molar-refractivity contribution in [2.24, 2.45) is 13.0 Å². The number of imidazole rings is 1. The van der Waals surface area contributed by atoms with Crippen LogP contribution >= 0.6 is 0 Å². The molecule has 118 valence electrons. The minimum atomic E-state index is -3.73. The Morgan fingerprint density at radius 3 is 2.59 bits per heavy atom. The van der Waals surface area contributed by atoms with Gasteiger partial charge in [-0.3, -0.25) is 0 Å². The Kier molecular flexibility index (Phi) is 3.80. The highest BCUT2D eigenvalue weighted by Gasteiger charge is 2.45. The summed E-state index contributed by atoms with van der Waals surface area (Å²) in [4.78, 5) is 3.85. The molecule has 22 heavy (non-hydrogen) atoms. The molecule has 2 aromatic rings. The third-order valence-electron chi connectivity index (χ3n) is 4.01. The zero-order chi connectivity index (χ0) is 15.8. The molecule has 1 fully saturated rings. The fraction of sp³-hybridized carbons (Fsp3) is 0.400. The maximum atomic E-state index is 12.3. The molecule has 1 saturated carbocycles. The molecule has 1 aliphatic carbocycles. The Balaban J connectivity index is 1.81. The van der Waals surface area contributed by atoms with Crippen LogP contribution in [0, 0.1) is 5.92 Å². The van der Waals surface area contributed by atoms with Crippen LogP contribution in [0.25, 0.3) is 0 Å². The highest BCUT2D eigenvalue weighted by atomic mass is 32.2. The SMILES string of the molecule is Cn1cnc(S(=O)(=O)NC[C@@](O)(c2ccccc2)C2CC2)c1. The van der Waals surface area contributed by atoms with Crippen LogP contribution in [0.3, 0.4) is 0 Å². The van der Waals surface area contributed by atoms with Crippen molar-refractivity contribution < 1.29 is 13.5 Å². The van der Waals surface area contributed by atoms with Crippen LogP contribution in [0.1, 0.15) is 18.4 Å². The minimum absolute atomic E-state index is 0.0405. The van der Waals surface area contributed by atoms with Gasteiger partial charge in [0.05, 0.1) is 6.33 Å². The fourth-order valence-corrected chi connectivity index (χ4v) is 3.63. The van der Waals surface area contributed by atoms with E-state index < -0.39 is 15.6 Å². The number of hydrogen-bond acceptors (Lipinski definition) is 4. The van der Waals surface area contributed by atoms with Crippen LogP contribution in [0.4, 0.5) is 0 Å². The van der Waals surface area contributed by atoms with E-state index in [-0.39, 0.29) is 17.5 Å². The van der Waals surface area contributed by atoms with Crippen LogP contribution in [0.2, 0.25) is 0 Å². The van der Waals surface area contributed by atoms with Gasteiger partial charge in [0, 0.05) is 19.8 Å². The number of benzene rings is 1. The predicted molar refractivity (Wildman–Crippen MR) is 81.5 cm³/mol. The molecule has 1 aromatic heterocycles. The lowest BCUT2D eigenvalue weighted by Crippen LogP contribution is -2.42. The van der Waals surface area contributed by atoms with Gasteiger partial charge in [-0.2, -0.15) is 0 Å². The molecule has 7 heteroatoms. The predicted octanol–water partition coefficient (Wildman–Crippen LogP) is 0.996. The van der Waals surface area contributed by atoms with E-state index in [0.717, 1.165) is 18.4 Å². The van der Waals surface area contributed by atoms with Crippen LogP contribution in [-0.2, 0) is 22.7 Å². The van der Waals surface area contributed by atoms with Crippen LogP contribution in [0.15, 0.2) is 47.9 Å². The number of aliphatic hydroxyl groups is 1. The largest absolute Gasteiger partial charge is 0.383 e. The fourth-order valence-electron chi connectivity index (χ4n) is 2.58. The quantitative estimate of drug-likeness (QED) is 0.831. The van der Waals surface area contributed by atoms with Gasteiger partial charge in [0.1, 0.15) is 5.60 Å². The first-order valence-electron chi connectivity index (χ1n) is 7.17. The van der Waals surface area contributed by atoms with E-state index in [9.17, 15) is 13.5 Å². The van der Waals surface area contributed by atoms with Gasteiger partial charge >= 0.3 is 0 Å². The monoisotopic (exact) mass is 321 g/mol. The summed E-state index contributed by atoms with van der Waals surface area (Å²) in [5, 5.41) is 10.9. The van der Waals surface area contributed by atoms with Crippen LogP contribution in [-0.4, -0.2) is 29.6 Å². The summed E-state index contributed by atoms with van der Waals surface area (Å²) in [6.45, 7) is -0.0550. The Morgan fingerprint density at radius 2 is 2.05 bits per heavy atom. The average molecular weight is 321 g/mol. The van der Waals surface area contributed by atoms with Gasteiger partial charge in [-0.05, 0) is 24.3 Å². The second-order valence-electron chi connectivity index (χ2n) is 5.77. The molecule has 0 saturated heterocycles. The minimum Gasteiger partial charge on any atom is -0.383 e. The molecule has 2 N–H and O–H groups in total. The molecule has 1 aromatic carbocycles. The zero-order valence-corrected chi connectivity index (χ0v) is 13.1. The van der Waals surface area contributed by atoms with Crippen molar-refractivity contribution in [2.45, 2.75) is 23.5 Å². The smallest absolute Gasteiger partial charge is 0.259 e. The van der Waals surface area contributed by atoms with Gasteiger partial charge in [-0.1, -0.05) is 30.3 Å². The number of aromatic nitrogens is 2. The Morgan fingerprint density at radius 1 is 1.36 bits per heavy atom. The van der Waals surface area contributed by atoms with Crippen molar-refractivity contribution in [3.8, 4) is 0 Å². The van der Waals surface area contributed by atoms with Crippen LogP contribution < -0.4 is 4.72 Å². The van der Waals surface area contributed by atoms with E-state index in [1.54, 1.807) is 11.6 Å². The molecule has 1 heterocycles. The van der Waals surface area contributed by atoms with Gasteiger partial charge in [0.25, 0.3) is 10.0 Å². The number of nitrogens with one attached hydrogen (secondary N) is 1. The second-order valence-corrected chi connectivity index (χ2v) is 7.48. The lowest BCUT2D eigenvalue weighted by molar-refractivity contribution is 0.0185. The summed E-state index contributed by atoms with van der Waals surface area (Å²) < 4.78 is 28.6. The molecule has 0 spiro atoms. The molecule has 0 aliphatic heterocycles. The lowest BCUT2D eigenvalue weighted by Gasteiger charge is -2.29. The first-order valence-corrected chi connectivity index (χ1v) is 8.66. The van der Waals surface area contributed by atoms with Crippen molar-refractivity contribution in [1.29, 1.82) is 0 Å². The average Bonchev–Trinajstić information content (AvgIpc) is 3.28. The molecule has 0 radical (unpaired) electrons. The molecule has 0 amide bonds. The van der Waals surface area contributed by atoms with Gasteiger partial charge in [0.2, 0.25) is 0 Å². The Hall–Kier alpha value is -1.70. The summed E-state index contributed by atoms with van der Waals surface area (Å²) in [5.74, 6) is 0.0846. The molecule has 1 atom stereocenters. The van der Waals surface area contributed by atoms with Crippen molar-refractivity contribution in [3.05, 3.63) is 48.4 Å². The number of hydrogen-bond donors (Lipinski definition) is 2. The second kappa shape index (κ2) is 5.49. The van der Waals surface area contributed by atoms with Crippen molar-refractivity contribution in [2.75, 3.05) is 6.54 Å². The maximum absolute atomic E-state index is 12.3. The van der Waals surface area contributed by atoms with Crippen molar-refractivity contribution in [1.82, 2.24) is 14.3 Å². The molecule has 3 rings (SSSR count). The maximum Gasteiger partial charge on any atom is 0.259 e. The van der Waals surface area contributed by atoms with E-state index >= 15 is 0 Å². The van der Waals surface area contributed by atoms with E-state index in [1.165, 1.54) is 12.5 Å². The Labute approximate surface area is 129 Å². The summed E-state index contributed by atoms with van der Waals surface area (Å²) in [6, 6.07) is 9.21. The molecular weight excluding hydrogens is 302 g/mol. The lowest BCUT2D eigenvalue weighted by atomic mass is 9.89. The van der Waals surface area contributed by atoms with Crippen LogP contribution in [0.5, 0.6) is 0 Å². The number of nitrogens with zero attached hydrogens (tertiary/aromatic N) is 2. The summed E-state index contributed by atoms with van der Waals surface area (Å²) >= 11 is 0. The topological polar surface area (TPSA) is 84.2 Å². The third kappa shape index (κ3) is 2.92. The number of rotatable bonds is 6. The highest BCUT2D eigenvalue weighted by Crippen LogP contribution is 2.45. The summed E-state index contributed by atoms with van der Waals surface area (Å²) in [6.07, 6.45) is 4.66. The van der Waals surface area contributed by atoms with Gasteiger partial charge < -0.3 is 9.67 Å². The standard InChI is InChI=1S/C15H19N3O3S/c1-18-9-14(16-11-18)22(20,21)17-10-15(19,13-7-8-13)12-5-3-2-4-6-12/h2-6,9,11,13,17,19H,7-8,10H2,1H3/t15-/m1/s1. The van der Waals surface area contributed by atoms with Gasteiger partial charge in [0.15, 0.2) is 5.03 Å². The third-order valence-corrected chi connectivity index (χ3v) is 5.30. The normalized spacial score (nSPS) is 18.1. The van der Waals surface area contributed by atoms with E-state index in [0.29, 0.717) is 0 Å². The van der Waals surface area contributed by atoms with Crippen molar-refractivity contribution >= 4 is 10.0 Å². The molecular formula is C15H19N3O3S. The molecule has 6 nitrogen and oxygen atoms in total. The van der Waals surface area contributed by atoms with Gasteiger partial charge in [-0.15, -0.1) is 0 Å². The zero-order valence-electron chi connectivity index (χ0n) is 12.3.